The molecule has 2 rings (SSSR count). The van der Waals surface area contributed by atoms with Crippen molar-refractivity contribution in [1.29, 1.82) is 0 Å². The van der Waals surface area contributed by atoms with Gasteiger partial charge in [0.15, 0.2) is 5.06 Å². The van der Waals surface area contributed by atoms with Gasteiger partial charge in [0.1, 0.15) is 0 Å². The van der Waals surface area contributed by atoms with Crippen LogP contribution in [0.1, 0.15) is 0 Å². The second-order valence-corrected chi connectivity index (χ2v) is 3.97. The van der Waals surface area contributed by atoms with Crippen LogP contribution in [-0.2, 0) is 0 Å². The van der Waals surface area contributed by atoms with Crippen molar-refractivity contribution in [3.8, 4) is 5.06 Å². The van der Waals surface area contributed by atoms with Gasteiger partial charge in [0.25, 0.3) is 0 Å². The van der Waals surface area contributed by atoms with Crippen molar-refractivity contribution in [2.24, 2.45) is 0 Å². The van der Waals surface area contributed by atoms with Gasteiger partial charge in [-0.15, -0.1) is 0 Å². The molecule has 2 aromatic rings. The lowest BCUT2D eigenvalue weighted by Gasteiger charge is -1.95. The molecular formula is C8H6ClNOS. The van der Waals surface area contributed by atoms with Crippen LogP contribution in [0, 0.1) is 0 Å². The Morgan fingerprint density at radius 1 is 1.33 bits per heavy atom. The van der Waals surface area contributed by atoms with Crippen molar-refractivity contribution in [3.05, 3.63) is 23.2 Å². The Morgan fingerprint density at radius 3 is 2.83 bits per heavy atom. The number of fused-ring (bicyclic) bond motifs is 1. The maximum Gasteiger partial charge on any atom is 0.172 e. The molecule has 0 spiro atoms. The van der Waals surface area contributed by atoms with E-state index < -0.39 is 0 Å². The van der Waals surface area contributed by atoms with Crippen molar-refractivity contribution in [2.75, 3.05) is 5.73 Å². The van der Waals surface area contributed by atoms with Gasteiger partial charge in [0.05, 0.1) is 10.7 Å². The number of nitrogens with two attached hydrogens (primary N) is 1. The fourth-order valence-corrected chi connectivity index (χ4v) is 2.07. The third kappa shape index (κ3) is 1.11. The molecular weight excluding hydrogens is 194 g/mol. The summed E-state index contributed by atoms with van der Waals surface area (Å²) < 4.78 is 0.953. The van der Waals surface area contributed by atoms with Gasteiger partial charge >= 0.3 is 0 Å². The molecule has 0 aliphatic carbocycles. The van der Waals surface area contributed by atoms with E-state index in [0.29, 0.717) is 10.7 Å². The largest absolute Gasteiger partial charge is 0.499 e. The summed E-state index contributed by atoms with van der Waals surface area (Å²) in [4.78, 5) is 0. The maximum atomic E-state index is 9.17. The van der Waals surface area contributed by atoms with Crippen LogP contribution in [0.15, 0.2) is 18.2 Å². The van der Waals surface area contributed by atoms with Crippen LogP contribution >= 0.6 is 22.9 Å². The normalized spacial score (nSPS) is 10.8. The van der Waals surface area contributed by atoms with E-state index in [-0.39, 0.29) is 5.06 Å². The van der Waals surface area contributed by atoms with Crippen molar-refractivity contribution in [1.82, 2.24) is 0 Å². The van der Waals surface area contributed by atoms with Gasteiger partial charge in [0, 0.05) is 4.70 Å². The SMILES string of the molecule is Nc1cc2sc(O)cc2cc1Cl. The number of hydrogen-bond donors (Lipinski definition) is 2. The molecule has 0 unspecified atom stereocenters. The monoisotopic (exact) mass is 199 g/mol. The Balaban J connectivity index is 2.83. The lowest BCUT2D eigenvalue weighted by atomic mass is 10.2. The summed E-state index contributed by atoms with van der Waals surface area (Å²) in [5.74, 6) is 0. The topological polar surface area (TPSA) is 46.2 Å². The molecule has 12 heavy (non-hydrogen) atoms. The van der Waals surface area contributed by atoms with E-state index in [9.17, 15) is 5.11 Å². The number of thiophene rings is 1. The van der Waals surface area contributed by atoms with E-state index in [1.807, 2.05) is 0 Å². The zero-order valence-corrected chi connectivity index (χ0v) is 7.62. The quantitative estimate of drug-likeness (QED) is 0.641. The second-order valence-electron chi connectivity index (χ2n) is 2.50. The molecule has 1 heterocycles. The smallest absolute Gasteiger partial charge is 0.172 e. The van der Waals surface area contributed by atoms with Gasteiger partial charge in [-0.25, -0.2) is 0 Å². The molecule has 1 aromatic carbocycles. The van der Waals surface area contributed by atoms with E-state index in [4.69, 9.17) is 17.3 Å². The van der Waals surface area contributed by atoms with Gasteiger partial charge in [0.2, 0.25) is 0 Å². The minimum atomic E-state index is 0.284. The number of halogens is 1. The highest BCUT2D eigenvalue weighted by Gasteiger charge is 2.03. The number of rotatable bonds is 0. The fraction of sp³-hybridized carbons (Fsp3) is 0. The van der Waals surface area contributed by atoms with Crippen LogP contribution in [0.2, 0.25) is 5.02 Å². The number of anilines is 1. The highest BCUT2D eigenvalue weighted by Crippen LogP contribution is 2.34. The van der Waals surface area contributed by atoms with Crippen molar-refractivity contribution in [3.63, 3.8) is 0 Å². The van der Waals surface area contributed by atoms with E-state index in [1.165, 1.54) is 11.3 Å². The van der Waals surface area contributed by atoms with Crippen molar-refractivity contribution >= 4 is 38.7 Å². The lowest BCUT2D eigenvalue weighted by molar-refractivity contribution is 0.491. The molecule has 0 aliphatic heterocycles. The van der Waals surface area contributed by atoms with Crippen LogP contribution < -0.4 is 5.73 Å². The van der Waals surface area contributed by atoms with E-state index >= 15 is 0 Å². The average molecular weight is 200 g/mol. The summed E-state index contributed by atoms with van der Waals surface area (Å²) in [7, 11) is 0. The predicted octanol–water partition coefficient (Wildman–Crippen LogP) is 2.84. The van der Waals surface area contributed by atoms with Crippen LogP contribution in [0.5, 0.6) is 5.06 Å². The second kappa shape index (κ2) is 2.54. The number of nitrogen functional groups attached to an aromatic ring is 1. The Hall–Kier alpha value is -0.930. The molecule has 0 amide bonds. The Labute approximate surface area is 78.2 Å². The van der Waals surface area contributed by atoms with Crippen molar-refractivity contribution in [2.45, 2.75) is 0 Å². The van der Waals surface area contributed by atoms with Gasteiger partial charge in [-0.05, 0) is 23.6 Å². The van der Waals surface area contributed by atoms with Gasteiger partial charge < -0.3 is 10.8 Å². The fourth-order valence-electron chi connectivity index (χ4n) is 1.06. The first-order valence-corrected chi connectivity index (χ1v) is 4.54. The molecule has 3 N–H and O–H groups in total. The molecule has 0 aliphatic rings. The zero-order valence-electron chi connectivity index (χ0n) is 6.04. The summed E-state index contributed by atoms with van der Waals surface area (Å²) in [6.45, 7) is 0. The highest BCUT2D eigenvalue weighted by molar-refractivity contribution is 7.20. The van der Waals surface area contributed by atoms with Crippen LogP contribution in [0.3, 0.4) is 0 Å². The standard InChI is InChI=1S/C8H6ClNOS/c9-5-1-4-2-8(11)12-7(4)3-6(5)10/h1-3,11H,10H2. The summed E-state index contributed by atoms with van der Waals surface area (Å²) in [5, 5.41) is 10.9. The van der Waals surface area contributed by atoms with E-state index in [1.54, 1.807) is 18.2 Å². The Morgan fingerprint density at radius 2 is 2.08 bits per heavy atom. The lowest BCUT2D eigenvalue weighted by Crippen LogP contribution is -1.83. The third-order valence-corrected chi connectivity index (χ3v) is 2.85. The summed E-state index contributed by atoms with van der Waals surface area (Å²) in [6, 6.07) is 5.19. The number of benzene rings is 1. The van der Waals surface area contributed by atoms with Crippen molar-refractivity contribution < 1.29 is 5.11 Å². The minimum absolute atomic E-state index is 0.284. The average Bonchev–Trinajstić information content (AvgIpc) is 2.30. The number of hydrogen-bond acceptors (Lipinski definition) is 3. The molecule has 0 fully saturated rings. The molecule has 2 nitrogen and oxygen atoms in total. The number of aromatic hydroxyl groups is 1. The zero-order chi connectivity index (χ0) is 8.72. The molecule has 0 saturated carbocycles. The van der Waals surface area contributed by atoms with Crippen LogP contribution in [-0.4, -0.2) is 5.11 Å². The molecule has 0 saturated heterocycles. The summed E-state index contributed by atoms with van der Waals surface area (Å²) >= 11 is 7.09. The molecule has 0 radical (unpaired) electrons. The van der Waals surface area contributed by atoms with Gasteiger partial charge in [-0.2, -0.15) is 0 Å². The van der Waals surface area contributed by atoms with E-state index in [0.717, 1.165) is 10.1 Å². The molecule has 0 atom stereocenters. The highest BCUT2D eigenvalue weighted by atomic mass is 35.5. The van der Waals surface area contributed by atoms with Crippen LogP contribution in [0.4, 0.5) is 5.69 Å². The minimum Gasteiger partial charge on any atom is -0.499 e. The third-order valence-electron chi connectivity index (χ3n) is 1.62. The van der Waals surface area contributed by atoms with E-state index in [2.05, 4.69) is 0 Å². The summed E-state index contributed by atoms with van der Waals surface area (Å²) in [6.07, 6.45) is 0. The molecule has 0 bridgehead atoms. The van der Waals surface area contributed by atoms with Crippen LogP contribution in [0.25, 0.3) is 10.1 Å². The molecule has 1 aromatic heterocycles. The van der Waals surface area contributed by atoms with Gasteiger partial charge in [-0.3, -0.25) is 0 Å². The summed E-state index contributed by atoms with van der Waals surface area (Å²) in [5.41, 5.74) is 6.14. The first-order chi connectivity index (χ1) is 5.66. The predicted molar refractivity (Wildman–Crippen MR) is 52.9 cm³/mol. The molecule has 4 heteroatoms. The van der Waals surface area contributed by atoms with Gasteiger partial charge in [-0.1, -0.05) is 22.9 Å². The molecule has 62 valence electrons. The first-order valence-electron chi connectivity index (χ1n) is 3.34. The maximum absolute atomic E-state index is 9.17. The Kier molecular flexibility index (Phi) is 1.63. The first kappa shape index (κ1) is 7.71. The Bertz CT molecular complexity index is 399.